The van der Waals surface area contributed by atoms with E-state index in [-0.39, 0.29) is 29.9 Å². The van der Waals surface area contributed by atoms with Gasteiger partial charge in [-0.2, -0.15) is 0 Å². The molecule has 0 saturated carbocycles. The fraction of sp³-hybridized carbons (Fsp3) is 0.487. The van der Waals surface area contributed by atoms with Crippen molar-refractivity contribution in [3.8, 4) is 0 Å². The summed E-state index contributed by atoms with van der Waals surface area (Å²) in [5.41, 5.74) is 4.62. The minimum absolute atomic E-state index is 0.0970. The summed E-state index contributed by atoms with van der Waals surface area (Å²) in [6, 6.07) is 15.4. The number of carbonyl (C=O) groups excluding carboxylic acids is 2. The smallest absolute Gasteiger partial charge is 0.414 e. The van der Waals surface area contributed by atoms with E-state index in [1.807, 2.05) is 74.7 Å². The fourth-order valence-corrected chi connectivity index (χ4v) is 10.7. The molecular weight excluding hydrogens is 663 g/mol. The molecule has 1 spiro atoms. The van der Waals surface area contributed by atoms with E-state index < -0.39 is 26.1 Å². The molecule has 11 nitrogen and oxygen atoms in total. The maximum atomic E-state index is 14.9. The van der Waals surface area contributed by atoms with Gasteiger partial charge in [0.2, 0.25) is 0 Å². The molecule has 3 aromatic rings. The Balaban J connectivity index is 1.32. The second kappa shape index (κ2) is 14.9. The number of allylic oxidation sites excluding steroid dienone is 3. The van der Waals surface area contributed by atoms with Gasteiger partial charge in [-0.25, -0.2) is 4.79 Å². The number of aromatic nitrogens is 3. The van der Waals surface area contributed by atoms with Crippen molar-refractivity contribution in [3.05, 3.63) is 94.8 Å². The van der Waals surface area contributed by atoms with Crippen LogP contribution in [-0.2, 0) is 26.4 Å². The van der Waals surface area contributed by atoms with Gasteiger partial charge in [-0.3, -0.25) is 14.4 Å². The number of aliphatic hydroxyl groups is 1. The van der Waals surface area contributed by atoms with Crippen LogP contribution in [0.2, 0.25) is 18.6 Å². The van der Waals surface area contributed by atoms with Crippen molar-refractivity contribution < 1.29 is 29.0 Å². The minimum Gasteiger partial charge on any atom is -0.447 e. The number of cyclic esters (lactones) is 1. The van der Waals surface area contributed by atoms with E-state index in [4.69, 9.17) is 9.47 Å². The first kappa shape index (κ1) is 36.7. The molecule has 1 aromatic heterocycles. The van der Waals surface area contributed by atoms with E-state index in [0.29, 0.717) is 44.0 Å². The SMILES string of the molecule is CC(C)=CCC/C(C)=C/CN1C(=O)[C@]2(O[C@H](CCn3cc(C(CO)c4ccccc4)nn3)[C@@H]([Si](C)(C)O)[C@@H]2C)c2cc(N3CCOC3=O)ccc21. The Morgan fingerprint density at radius 1 is 1.12 bits per heavy atom. The van der Waals surface area contributed by atoms with Gasteiger partial charge in [0.15, 0.2) is 13.9 Å². The van der Waals surface area contributed by atoms with Crippen LogP contribution in [0.3, 0.4) is 0 Å². The van der Waals surface area contributed by atoms with E-state index in [2.05, 4.69) is 43.2 Å². The first-order valence-corrected chi connectivity index (χ1v) is 21.0. The zero-order valence-electron chi connectivity index (χ0n) is 30.6. The molecule has 1 unspecified atom stereocenters. The number of aryl methyl sites for hydroxylation is 1. The van der Waals surface area contributed by atoms with Crippen molar-refractivity contribution >= 4 is 31.7 Å². The van der Waals surface area contributed by atoms with Gasteiger partial charge in [0.1, 0.15) is 6.61 Å². The van der Waals surface area contributed by atoms with E-state index in [1.54, 1.807) is 14.5 Å². The first-order valence-electron chi connectivity index (χ1n) is 18.0. The molecule has 2 saturated heterocycles. The summed E-state index contributed by atoms with van der Waals surface area (Å²) in [6.07, 6.45) is 7.66. The molecule has 4 heterocycles. The predicted octanol–water partition coefficient (Wildman–Crippen LogP) is 6.29. The Kier molecular flexibility index (Phi) is 10.7. The lowest BCUT2D eigenvalue weighted by Crippen LogP contribution is -2.46. The van der Waals surface area contributed by atoms with Crippen molar-refractivity contribution in [1.29, 1.82) is 0 Å². The molecule has 3 aliphatic heterocycles. The van der Waals surface area contributed by atoms with Crippen molar-refractivity contribution in [2.45, 2.75) is 89.8 Å². The first-order chi connectivity index (χ1) is 24.3. The largest absolute Gasteiger partial charge is 0.447 e. The van der Waals surface area contributed by atoms with E-state index in [9.17, 15) is 19.5 Å². The third kappa shape index (κ3) is 7.19. The molecule has 2 amide bonds. The lowest BCUT2D eigenvalue weighted by molar-refractivity contribution is -0.145. The average Bonchev–Trinajstić information content (AvgIpc) is 3.85. The average molecular weight is 714 g/mol. The Morgan fingerprint density at radius 3 is 2.55 bits per heavy atom. The molecule has 272 valence electrons. The lowest BCUT2D eigenvalue weighted by Gasteiger charge is -2.32. The number of rotatable bonds is 13. The van der Waals surface area contributed by atoms with E-state index in [0.717, 1.165) is 29.7 Å². The Labute approximate surface area is 301 Å². The molecule has 0 aliphatic carbocycles. The van der Waals surface area contributed by atoms with Crippen LogP contribution in [0.4, 0.5) is 16.2 Å². The summed E-state index contributed by atoms with van der Waals surface area (Å²) in [4.78, 5) is 42.7. The van der Waals surface area contributed by atoms with Gasteiger partial charge in [0.05, 0.1) is 36.6 Å². The third-order valence-electron chi connectivity index (χ3n) is 10.7. The van der Waals surface area contributed by atoms with Crippen LogP contribution < -0.4 is 9.80 Å². The highest BCUT2D eigenvalue weighted by Crippen LogP contribution is 2.60. The van der Waals surface area contributed by atoms with Crippen LogP contribution in [0, 0.1) is 5.92 Å². The zero-order chi connectivity index (χ0) is 36.5. The number of hydrogen-bond donors (Lipinski definition) is 2. The van der Waals surface area contributed by atoms with Gasteiger partial charge >= 0.3 is 6.09 Å². The highest BCUT2D eigenvalue weighted by atomic mass is 28.4. The van der Waals surface area contributed by atoms with Gasteiger partial charge < -0.3 is 24.3 Å². The number of benzene rings is 2. The second-order valence-electron chi connectivity index (χ2n) is 15.0. The summed E-state index contributed by atoms with van der Waals surface area (Å²) in [7, 11) is -2.90. The van der Waals surface area contributed by atoms with Gasteiger partial charge in [-0.1, -0.05) is 65.8 Å². The van der Waals surface area contributed by atoms with Crippen molar-refractivity contribution in [2.24, 2.45) is 5.92 Å². The molecule has 2 aromatic carbocycles. The molecule has 12 heteroatoms. The molecule has 6 rings (SSSR count). The molecule has 0 radical (unpaired) electrons. The summed E-state index contributed by atoms with van der Waals surface area (Å²) in [6.45, 7) is 13.6. The number of hydrogen-bond acceptors (Lipinski definition) is 8. The summed E-state index contributed by atoms with van der Waals surface area (Å²) in [5.74, 6) is -0.799. The Morgan fingerprint density at radius 2 is 1.88 bits per heavy atom. The summed E-state index contributed by atoms with van der Waals surface area (Å²) in [5, 5.41) is 18.9. The number of aliphatic hydroxyl groups excluding tert-OH is 1. The second-order valence-corrected chi connectivity index (χ2v) is 18.9. The highest BCUT2D eigenvalue weighted by molar-refractivity contribution is 6.71. The van der Waals surface area contributed by atoms with Crippen LogP contribution in [0.25, 0.3) is 0 Å². The van der Waals surface area contributed by atoms with Crippen molar-refractivity contribution in [1.82, 2.24) is 15.0 Å². The van der Waals surface area contributed by atoms with E-state index in [1.165, 1.54) is 11.1 Å². The zero-order valence-corrected chi connectivity index (χ0v) is 31.6. The number of fused-ring (bicyclic) bond motifs is 2. The Hall–Kier alpha value is -4.10. The molecule has 3 aliphatic rings. The summed E-state index contributed by atoms with van der Waals surface area (Å²) >= 11 is 0. The van der Waals surface area contributed by atoms with Crippen LogP contribution in [0.1, 0.15) is 69.7 Å². The Bertz CT molecular complexity index is 1800. The number of amides is 2. The molecule has 2 N–H and O–H groups in total. The van der Waals surface area contributed by atoms with Crippen LogP contribution in [0.15, 0.2) is 78.0 Å². The van der Waals surface area contributed by atoms with Crippen molar-refractivity contribution in [3.63, 3.8) is 0 Å². The number of nitrogens with zero attached hydrogens (tertiary/aromatic N) is 5. The van der Waals surface area contributed by atoms with Crippen LogP contribution in [-0.4, -0.2) is 77.6 Å². The number of ether oxygens (including phenoxy) is 2. The standard InChI is InChI=1S/C39H51N5O6Si/c1-26(2)11-10-12-27(3)17-20-44-34-16-15-30(43-21-22-49-38(43)47)23-32(34)39(37(44)46)28(4)36(51(5,6)48)35(50-39)18-19-42-24-33(40-41-42)31(25-45)29-13-8-7-9-14-29/h7-9,11,13-17,23-24,28,31,35-36,45,48H,10,12,18-22,25H2,1-6H3/b27-17+/t28-,31?,35+,36-,39+/m0/s1. The monoisotopic (exact) mass is 713 g/mol. The maximum Gasteiger partial charge on any atom is 0.414 e. The molecule has 2 fully saturated rings. The predicted molar refractivity (Wildman–Crippen MR) is 199 cm³/mol. The molecular formula is C39H51N5O6Si. The lowest BCUT2D eigenvalue weighted by atomic mass is 9.82. The number of anilines is 2. The van der Waals surface area contributed by atoms with Gasteiger partial charge in [0.25, 0.3) is 5.91 Å². The van der Waals surface area contributed by atoms with E-state index >= 15 is 0 Å². The van der Waals surface area contributed by atoms with Gasteiger partial charge in [-0.15, -0.1) is 5.10 Å². The maximum absolute atomic E-state index is 14.9. The normalized spacial score (nSPS) is 24.0. The van der Waals surface area contributed by atoms with Crippen LogP contribution in [0.5, 0.6) is 0 Å². The summed E-state index contributed by atoms with van der Waals surface area (Å²) < 4.78 is 14.1. The number of carbonyl (C=O) groups is 2. The molecule has 51 heavy (non-hydrogen) atoms. The van der Waals surface area contributed by atoms with Crippen molar-refractivity contribution in [2.75, 3.05) is 36.1 Å². The van der Waals surface area contributed by atoms with Crippen LogP contribution >= 0.6 is 0 Å². The quantitative estimate of drug-likeness (QED) is 0.156. The van der Waals surface area contributed by atoms with Gasteiger partial charge in [0, 0.05) is 42.0 Å². The fourth-order valence-electron chi connectivity index (χ4n) is 8.15. The molecule has 0 bridgehead atoms. The molecule has 5 atom stereocenters. The van der Waals surface area contributed by atoms with Gasteiger partial charge in [-0.05, 0) is 76.9 Å². The highest BCUT2D eigenvalue weighted by Gasteiger charge is 2.66. The minimum atomic E-state index is -2.90. The third-order valence-corrected chi connectivity index (χ3v) is 13.2. The topological polar surface area (TPSA) is 130 Å².